The molecule has 0 radical (unpaired) electrons. The van der Waals surface area contributed by atoms with Crippen LogP contribution in [0.3, 0.4) is 0 Å². The molecule has 1 atom stereocenters. The SMILES string of the molecule is C=C(C)C(=O)Oc1ccc(-c2ccc(OC(O)C(=C)C)cc2F)c(F)c1. The maximum atomic E-state index is 14.3. The van der Waals surface area contributed by atoms with Crippen molar-refractivity contribution in [3.63, 3.8) is 0 Å². The van der Waals surface area contributed by atoms with Gasteiger partial charge >= 0.3 is 5.97 Å². The van der Waals surface area contributed by atoms with Crippen molar-refractivity contribution in [2.45, 2.75) is 20.1 Å². The lowest BCUT2D eigenvalue weighted by atomic mass is 10.0. The second-order valence-electron chi connectivity index (χ2n) is 5.77. The average molecular weight is 360 g/mol. The first kappa shape index (κ1) is 19.3. The Morgan fingerprint density at radius 3 is 1.96 bits per heavy atom. The van der Waals surface area contributed by atoms with E-state index in [-0.39, 0.29) is 28.2 Å². The van der Waals surface area contributed by atoms with E-state index in [0.29, 0.717) is 5.57 Å². The summed E-state index contributed by atoms with van der Waals surface area (Å²) in [6.07, 6.45) is -1.26. The highest BCUT2D eigenvalue weighted by molar-refractivity contribution is 5.88. The van der Waals surface area contributed by atoms with Crippen LogP contribution in [0.1, 0.15) is 13.8 Å². The molecule has 2 rings (SSSR count). The van der Waals surface area contributed by atoms with Gasteiger partial charge in [-0.2, -0.15) is 0 Å². The van der Waals surface area contributed by atoms with E-state index >= 15 is 0 Å². The molecule has 2 aromatic carbocycles. The van der Waals surface area contributed by atoms with Gasteiger partial charge in [0.15, 0.2) is 0 Å². The van der Waals surface area contributed by atoms with Crippen molar-refractivity contribution in [1.82, 2.24) is 0 Å². The zero-order chi connectivity index (χ0) is 19.4. The van der Waals surface area contributed by atoms with Crippen LogP contribution in [0.25, 0.3) is 11.1 Å². The minimum Gasteiger partial charge on any atom is -0.461 e. The molecule has 0 heterocycles. The van der Waals surface area contributed by atoms with Gasteiger partial charge in [-0.05, 0) is 43.7 Å². The van der Waals surface area contributed by atoms with Crippen molar-refractivity contribution in [2.75, 3.05) is 0 Å². The van der Waals surface area contributed by atoms with Gasteiger partial charge in [0.1, 0.15) is 23.1 Å². The van der Waals surface area contributed by atoms with E-state index in [4.69, 9.17) is 9.47 Å². The maximum absolute atomic E-state index is 14.3. The average Bonchev–Trinajstić information content (AvgIpc) is 2.55. The summed E-state index contributed by atoms with van der Waals surface area (Å²) in [7, 11) is 0. The fourth-order valence-corrected chi connectivity index (χ4v) is 1.99. The number of benzene rings is 2. The number of ether oxygens (including phenoxy) is 2. The largest absolute Gasteiger partial charge is 0.461 e. The number of aliphatic hydroxyl groups excluding tert-OH is 1. The molecular formula is C20H18F2O4. The lowest BCUT2D eigenvalue weighted by molar-refractivity contribution is -0.130. The summed E-state index contributed by atoms with van der Waals surface area (Å²) in [4.78, 5) is 11.5. The highest BCUT2D eigenvalue weighted by atomic mass is 19.1. The standard InChI is InChI=1S/C20H18F2O4/c1-11(2)19(23)25-13-5-7-15(17(21)9-13)16-8-6-14(10-18(16)22)26-20(24)12(3)4/h5-10,19,23H,1,3H2,2,4H3. The number of carbonyl (C=O) groups is 1. The van der Waals surface area contributed by atoms with Crippen LogP contribution in [0.2, 0.25) is 0 Å². The predicted molar refractivity (Wildman–Crippen MR) is 93.7 cm³/mol. The molecule has 0 fully saturated rings. The summed E-state index contributed by atoms with van der Waals surface area (Å²) < 4.78 is 38.7. The molecule has 136 valence electrons. The van der Waals surface area contributed by atoms with E-state index in [9.17, 15) is 18.7 Å². The lowest BCUT2D eigenvalue weighted by Gasteiger charge is -2.14. The molecule has 0 spiro atoms. The van der Waals surface area contributed by atoms with E-state index in [1.807, 2.05) is 0 Å². The molecule has 6 heteroatoms. The number of aliphatic hydroxyl groups is 1. The molecule has 0 saturated carbocycles. The molecule has 0 saturated heterocycles. The predicted octanol–water partition coefficient (Wildman–Crippen LogP) is 4.39. The smallest absolute Gasteiger partial charge is 0.338 e. The normalized spacial score (nSPS) is 11.6. The Bertz CT molecular complexity index is 874. The third-order valence-corrected chi connectivity index (χ3v) is 3.40. The van der Waals surface area contributed by atoms with Gasteiger partial charge in [0.2, 0.25) is 6.29 Å². The van der Waals surface area contributed by atoms with Crippen LogP contribution in [0, 0.1) is 11.6 Å². The number of hydrogen-bond donors (Lipinski definition) is 1. The molecule has 0 amide bonds. The molecule has 4 nitrogen and oxygen atoms in total. The van der Waals surface area contributed by atoms with Crippen molar-refractivity contribution < 1.29 is 28.2 Å². The van der Waals surface area contributed by atoms with Gasteiger partial charge < -0.3 is 14.6 Å². The fraction of sp³-hybridized carbons (Fsp3) is 0.150. The van der Waals surface area contributed by atoms with Gasteiger partial charge in [-0.15, -0.1) is 0 Å². The van der Waals surface area contributed by atoms with E-state index in [1.165, 1.54) is 31.2 Å². The first-order valence-corrected chi connectivity index (χ1v) is 7.66. The van der Waals surface area contributed by atoms with Crippen LogP contribution in [-0.4, -0.2) is 17.4 Å². The van der Waals surface area contributed by atoms with Crippen molar-refractivity contribution in [3.05, 3.63) is 72.3 Å². The van der Waals surface area contributed by atoms with Crippen molar-refractivity contribution in [2.24, 2.45) is 0 Å². The summed E-state index contributed by atoms with van der Waals surface area (Å²) >= 11 is 0. The van der Waals surface area contributed by atoms with Gasteiger partial charge in [0, 0.05) is 28.8 Å². The van der Waals surface area contributed by atoms with Crippen LogP contribution in [0.4, 0.5) is 8.78 Å². The van der Waals surface area contributed by atoms with Crippen LogP contribution in [0.5, 0.6) is 11.5 Å². The third-order valence-electron chi connectivity index (χ3n) is 3.40. The summed E-state index contributed by atoms with van der Waals surface area (Å²) in [5.74, 6) is -2.10. The Morgan fingerprint density at radius 1 is 1.00 bits per heavy atom. The summed E-state index contributed by atoms with van der Waals surface area (Å²) in [5.41, 5.74) is 0.524. The number of halogens is 2. The monoisotopic (exact) mass is 360 g/mol. The van der Waals surface area contributed by atoms with Crippen LogP contribution in [-0.2, 0) is 4.79 Å². The molecular weight excluding hydrogens is 342 g/mol. The van der Waals surface area contributed by atoms with E-state index in [1.54, 1.807) is 6.92 Å². The first-order chi connectivity index (χ1) is 12.2. The molecule has 0 aliphatic heterocycles. The number of esters is 1. The van der Waals surface area contributed by atoms with Crippen molar-refractivity contribution in [1.29, 1.82) is 0 Å². The Hall–Kier alpha value is -2.99. The molecule has 0 aromatic heterocycles. The first-order valence-electron chi connectivity index (χ1n) is 7.66. The summed E-state index contributed by atoms with van der Waals surface area (Å²) in [5, 5.41) is 9.59. The Balaban J connectivity index is 2.27. The van der Waals surface area contributed by atoms with E-state index < -0.39 is 23.9 Å². The highest BCUT2D eigenvalue weighted by Crippen LogP contribution is 2.31. The third kappa shape index (κ3) is 4.55. The Kier molecular flexibility index (Phi) is 5.90. The quantitative estimate of drug-likeness (QED) is 0.273. The van der Waals surface area contributed by atoms with Crippen LogP contribution >= 0.6 is 0 Å². The highest BCUT2D eigenvalue weighted by Gasteiger charge is 2.15. The molecule has 26 heavy (non-hydrogen) atoms. The second kappa shape index (κ2) is 7.93. The number of hydrogen-bond acceptors (Lipinski definition) is 4. The number of rotatable bonds is 6. The zero-order valence-electron chi connectivity index (χ0n) is 14.4. The van der Waals surface area contributed by atoms with Gasteiger partial charge in [-0.3, -0.25) is 0 Å². The Labute approximate surface area is 150 Å². The lowest BCUT2D eigenvalue weighted by Crippen LogP contribution is -2.16. The van der Waals surface area contributed by atoms with Crippen LogP contribution in [0.15, 0.2) is 60.7 Å². The minimum atomic E-state index is -1.26. The number of carbonyl (C=O) groups excluding carboxylic acids is 1. The zero-order valence-corrected chi connectivity index (χ0v) is 14.4. The summed E-state index contributed by atoms with van der Waals surface area (Å²) in [6.45, 7) is 10.00. The van der Waals surface area contributed by atoms with Crippen LogP contribution < -0.4 is 9.47 Å². The second-order valence-corrected chi connectivity index (χ2v) is 5.77. The molecule has 1 unspecified atom stereocenters. The van der Waals surface area contributed by atoms with Gasteiger partial charge in [0.25, 0.3) is 0 Å². The molecule has 0 bridgehead atoms. The van der Waals surface area contributed by atoms with Gasteiger partial charge in [-0.1, -0.05) is 13.2 Å². The molecule has 0 aliphatic carbocycles. The van der Waals surface area contributed by atoms with E-state index in [0.717, 1.165) is 12.1 Å². The van der Waals surface area contributed by atoms with Gasteiger partial charge in [0.05, 0.1) is 0 Å². The van der Waals surface area contributed by atoms with Gasteiger partial charge in [-0.25, -0.2) is 13.6 Å². The van der Waals surface area contributed by atoms with Crippen molar-refractivity contribution >= 4 is 5.97 Å². The fourth-order valence-electron chi connectivity index (χ4n) is 1.99. The molecule has 0 aliphatic rings. The van der Waals surface area contributed by atoms with E-state index in [2.05, 4.69) is 13.2 Å². The maximum Gasteiger partial charge on any atom is 0.338 e. The van der Waals surface area contributed by atoms with Crippen molar-refractivity contribution in [3.8, 4) is 22.6 Å². The molecule has 1 N–H and O–H groups in total. The topological polar surface area (TPSA) is 55.8 Å². The Morgan fingerprint density at radius 2 is 1.50 bits per heavy atom. The summed E-state index contributed by atoms with van der Waals surface area (Å²) in [6, 6.07) is 7.42. The minimum absolute atomic E-state index is 0.00237. The molecule has 2 aromatic rings.